The first-order valence-electron chi connectivity index (χ1n) is 4.21. The van der Waals surface area contributed by atoms with E-state index in [2.05, 4.69) is 20.7 Å². The van der Waals surface area contributed by atoms with Gasteiger partial charge in [-0.1, -0.05) is 15.9 Å². The van der Waals surface area contributed by atoms with Gasteiger partial charge in [-0.2, -0.15) is 18.4 Å². The molecule has 90 valence electrons. The van der Waals surface area contributed by atoms with Gasteiger partial charge in [-0.25, -0.2) is 4.79 Å². The number of carbonyl (C=O) groups is 1. The fourth-order valence-corrected chi connectivity index (χ4v) is 1.81. The highest BCUT2D eigenvalue weighted by atomic mass is 79.9. The highest BCUT2D eigenvalue weighted by Gasteiger charge is 2.38. The molecule has 17 heavy (non-hydrogen) atoms. The topological polar surface area (TPSA) is 50.1 Å². The molecule has 0 atom stereocenters. The molecule has 0 aliphatic heterocycles. The third-order valence-electron chi connectivity index (χ3n) is 1.96. The molecule has 0 amide bonds. The number of nitriles is 1. The van der Waals surface area contributed by atoms with Crippen LogP contribution in [0, 0.1) is 11.3 Å². The maximum absolute atomic E-state index is 12.7. The van der Waals surface area contributed by atoms with E-state index in [1.807, 2.05) is 0 Å². The van der Waals surface area contributed by atoms with Crippen LogP contribution in [0.1, 0.15) is 21.5 Å². The molecule has 7 heteroatoms. The Morgan fingerprint density at radius 1 is 1.47 bits per heavy atom. The number of carbonyl (C=O) groups excluding carboxylic acids is 1. The normalized spacial score (nSPS) is 10.8. The van der Waals surface area contributed by atoms with Gasteiger partial charge in [0.15, 0.2) is 0 Å². The highest BCUT2D eigenvalue weighted by molar-refractivity contribution is 9.10. The van der Waals surface area contributed by atoms with Gasteiger partial charge < -0.3 is 4.74 Å². The molecule has 0 spiro atoms. The van der Waals surface area contributed by atoms with Crippen molar-refractivity contribution in [1.29, 1.82) is 5.26 Å². The van der Waals surface area contributed by atoms with Gasteiger partial charge in [0.25, 0.3) is 0 Å². The van der Waals surface area contributed by atoms with Gasteiger partial charge in [0.05, 0.1) is 23.8 Å². The minimum Gasteiger partial charge on any atom is -0.465 e. The molecule has 0 N–H and O–H groups in total. The number of alkyl halides is 3. The molecule has 0 bridgehead atoms. The summed E-state index contributed by atoms with van der Waals surface area (Å²) in [4.78, 5) is 11.2. The third-order valence-corrected chi connectivity index (χ3v) is 2.62. The van der Waals surface area contributed by atoms with Crippen molar-refractivity contribution in [3.05, 3.63) is 33.3 Å². The fraction of sp³-hybridized carbons (Fsp3) is 0.200. The van der Waals surface area contributed by atoms with E-state index in [4.69, 9.17) is 5.26 Å². The molecule has 0 aromatic heterocycles. The van der Waals surface area contributed by atoms with Crippen LogP contribution in [0.5, 0.6) is 0 Å². The number of halogens is 4. The van der Waals surface area contributed by atoms with Gasteiger partial charge in [0, 0.05) is 4.47 Å². The Hall–Kier alpha value is -1.55. The molecule has 0 unspecified atom stereocenters. The molecule has 1 rings (SSSR count). The van der Waals surface area contributed by atoms with Gasteiger partial charge >= 0.3 is 12.1 Å². The second-order valence-corrected chi connectivity index (χ2v) is 3.80. The minimum atomic E-state index is -4.73. The summed E-state index contributed by atoms with van der Waals surface area (Å²) in [6.45, 7) is 0. The summed E-state index contributed by atoms with van der Waals surface area (Å²) in [5, 5.41) is 8.75. The zero-order valence-corrected chi connectivity index (χ0v) is 10.0. The van der Waals surface area contributed by atoms with E-state index in [1.54, 1.807) is 0 Å². The lowest BCUT2D eigenvalue weighted by Crippen LogP contribution is -2.14. The Kier molecular flexibility index (Phi) is 3.78. The molecule has 0 saturated carbocycles. The lowest BCUT2D eigenvalue weighted by atomic mass is 10.0. The van der Waals surface area contributed by atoms with Gasteiger partial charge in [0.1, 0.15) is 6.07 Å². The molecule has 0 saturated heterocycles. The van der Waals surface area contributed by atoms with Crippen molar-refractivity contribution in [2.75, 3.05) is 7.11 Å². The van der Waals surface area contributed by atoms with E-state index in [0.717, 1.165) is 19.2 Å². The van der Waals surface area contributed by atoms with E-state index in [0.29, 0.717) is 0 Å². The quantitative estimate of drug-likeness (QED) is 0.749. The smallest absolute Gasteiger partial charge is 0.418 e. The monoisotopic (exact) mass is 307 g/mol. The van der Waals surface area contributed by atoms with Crippen LogP contribution in [0.4, 0.5) is 13.2 Å². The number of rotatable bonds is 1. The van der Waals surface area contributed by atoms with Crippen LogP contribution in [0.2, 0.25) is 0 Å². The average molecular weight is 308 g/mol. The maximum Gasteiger partial charge on any atom is 0.418 e. The summed E-state index contributed by atoms with van der Waals surface area (Å²) in [5.41, 5.74) is -2.34. The summed E-state index contributed by atoms with van der Waals surface area (Å²) in [6.07, 6.45) is -4.73. The predicted octanol–water partition coefficient (Wildman–Crippen LogP) is 3.13. The SMILES string of the molecule is COC(=O)c1ccc(Br)c(C(F)(F)F)c1C#N. The average Bonchev–Trinajstić information content (AvgIpc) is 2.25. The van der Waals surface area contributed by atoms with E-state index in [-0.39, 0.29) is 4.47 Å². The molecule has 0 fully saturated rings. The number of hydrogen-bond donors (Lipinski definition) is 0. The molecule has 0 heterocycles. The molecular weight excluding hydrogens is 303 g/mol. The number of benzene rings is 1. The van der Waals surface area contributed by atoms with Crippen LogP contribution < -0.4 is 0 Å². The van der Waals surface area contributed by atoms with Gasteiger partial charge in [-0.15, -0.1) is 0 Å². The lowest BCUT2D eigenvalue weighted by molar-refractivity contribution is -0.138. The first-order chi connectivity index (χ1) is 7.82. The van der Waals surface area contributed by atoms with Crippen molar-refractivity contribution >= 4 is 21.9 Å². The Balaban J connectivity index is 3.61. The Morgan fingerprint density at radius 3 is 2.47 bits per heavy atom. The standard InChI is InChI=1S/C10H5BrF3NO2/c1-17-9(16)5-2-3-7(11)8(6(5)4-15)10(12,13)14/h2-3H,1H3. The van der Waals surface area contributed by atoms with Crippen LogP contribution in [0.15, 0.2) is 16.6 Å². The Morgan fingerprint density at radius 2 is 2.06 bits per heavy atom. The van der Waals surface area contributed by atoms with Crippen LogP contribution >= 0.6 is 15.9 Å². The molecule has 0 radical (unpaired) electrons. The maximum atomic E-state index is 12.7. The van der Waals surface area contributed by atoms with Crippen LogP contribution in [0.3, 0.4) is 0 Å². The van der Waals surface area contributed by atoms with Crippen molar-refractivity contribution in [1.82, 2.24) is 0 Å². The minimum absolute atomic E-state index is 0.297. The number of ether oxygens (including phenoxy) is 1. The van der Waals surface area contributed by atoms with Crippen LogP contribution in [0.25, 0.3) is 0 Å². The van der Waals surface area contributed by atoms with Gasteiger partial charge in [0.2, 0.25) is 0 Å². The molecule has 3 nitrogen and oxygen atoms in total. The number of nitrogens with zero attached hydrogens (tertiary/aromatic N) is 1. The van der Waals surface area contributed by atoms with E-state index in [1.165, 1.54) is 6.07 Å². The zero-order valence-electron chi connectivity index (χ0n) is 8.43. The largest absolute Gasteiger partial charge is 0.465 e. The van der Waals surface area contributed by atoms with Crippen molar-refractivity contribution in [3.8, 4) is 6.07 Å². The molecule has 0 aliphatic rings. The van der Waals surface area contributed by atoms with Crippen molar-refractivity contribution in [2.24, 2.45) is 0 Å². The summed E-state index contributed by atoms with van der Waals surface area (Å²) < 4.78 is 42.1. The molecular formula is C10H5BrF3NO2. The second-order valence-electron chi connectivity index (χ2n) is 2.95. The first-order valence-corrected chi connectivity index (χ1v) is 5.00. The van der Waals surface area contributed by atoms with E-state index in [9.17, 15) is 18.0 Å². The number of hydrogen-bond acceptors (Lipinski definition) is 3. The Bertz CT molecular complexity index is 505. The molecule has 0 aliphatic carbocycles. The molecule has 1 aromatic carbocycles. The Labute approximate surface area is 103 Å². The number of esters is 1. The fourth-order valence-electron chi connectivity index (χ4n) is 1.25. The van der Waals surface area contributed by atoms with E-state index >= 15 is 0 Å². The predicted molar refractivity (Wildman–Crippen MR) is 55.2 cm³/mol. The van der Waals surface area contributed by atoms with Crippen molar-refractivity contribution in [3.63, 3.8) is 0 Å². The van der Waals surface area contributed by atoms with Crippen molar-refractivity contribution < 1.29 is 22.7 Å². The summed E-state index contributed by atoms with van der Waals surface area (Å²) in [6, 6.07) is 3.53. The molecule has 1 aromatic rings. The second kappa shape index (κ2) is 4.75. The zero-order chi connectivity index (χ0) is 13.2. The van der Waals surface area contributed by atoms with E-state index < -0.39 is 28.8 Å². The number of methoxy groups -OCH3 is 1. The van der Waals surface area contributed by atoms with Crippen LogP contribution in [-0.2, 0) is 10.9 Å². The lowest BCUT2D eigenvalue weighted by Gasteiger charge is -2.13. The first kappa shape index (κ1) is 13.5. The van der Waals surface area contributed by atoms with Gasteiger partial charge in [-0.3, -0.25) is 0 Å². The van der Waals surface area contributed by atoms with Gasteiger partial charge in [-0.05, 0) is 12.1 Å². The van der Waals surface area contributed by atoms with Crippen molar-refractivity contribution in [2.45, 2.75) is 6.18 Å². The summed E-state index contributed by atoms with van der Waals surface area (Å²) in [7, 11) is 1.03. The van der Waals surface area contributed by atoms with Crippen LogP contribution in [-0.4, -0.2) is 13.1 Å². The summed E-state index contributed by atoms with van der Waals surface area (Å²) in [5.74, 6) is -0.987. The summed E-state index contributed by atoms with van der Waals surface area (Å²) >= 11 is 2.71. The third kappa shape index (κ3) is 2.58. The highest BCUT2D eigenvalue weighted by Crippen LogP contribution is 2.38.